The van der Waals surface area contributed by atoms with E-state index in [0.717, 1.165) is 25.7 Å². The third-order valence-electron chi connectivity index (χ3n) is 5.83. The lowest BCUT2D eigenvalue weighted by atomic mass is 10.1. The number of carbonyl (C=O) groups excluding carboxylic acids is 3. The van der Waals surface area contributed by atoms with Crippen LogP contribution in [0.15, 0.2) is 48.5 Å². The summed E-state index contributed by atoms with van der Waals surface area (Å²) in [6, 6.07) is 12.6. The lowest BCUT2D eigenvalue weighted by Crippen LogP contribution is -2.50. The SMILES string of the molecule is COc1ccc(C(=O)N(C2CCCC2)C2CC(=O)N(c3ccc(Cl)cc3)C2=O)cc1. The Bertz CT molecular complexity index is 952. The molecule has 0 aromatic heterocycles. The highest BCUT2D eigenvalue weighted by Gasteiger charge is 2.47. The van der Waals surface area contributed by atoms with E-state index in [1.54, 1.807) is 60.5 Å². The monoisotopic (exact) mass is 426 g/mol. The van der Waals surface area contributed by atoms with Crippen molar-refractivity contribution in [2.75, 3.05) is 12.0 Å². The topological polar surface area (TPSA) is 66.9 Å². The Morgan fingerprint density at radius 3 is 2.27 bits per heavy atom. The first-order valence-corrected chi connectivity index (χ1v) is 10.5. The molecular weight excluding hydrogens is 404 g/mol. The summed E-state index contributed by atoms with van der Waals surface area (Å²) in [5, 5.41) is 0.525. The van der Waals surface area contributed by atoms with Crippen LogP contribution in [0.1, 0.15) is 42.5 Å². The van der Waals surface area contributed by atoms with Crippen molar-refractivity contribution in [3.8, 4) is 5.75 Å². The van der Waals surface area contributed by atoms with Crippen molar-refractivity contribution in [2.24, 2.45) is 0 Å². The van der Waals surface area contributed by atoms with E-state index in [-0.39, 0.29) is 30.2 Å². The first kappa shape index (κ1) is 20.4. The molecule has 4 rings (SSSR count). The molecule has 1 aliphatic heterocycles. The Labute approximate surface area is 180 Å². The molecule has 1 unspecified atom stereocenters. The quantitative estimate of drug-likeness (QED) is 0.676. The first-order chi connectivity index (χ1) is 14.5. The van der Waals surface area contributed by atoms with Gasteiger partial charge in [0.2, 0.25) is 5.91 Å². The van der Waals surface area contributed by atoms with Gasteiger partial charge in [-0.15, -0.1) is 0 Å². The molecule has 156 valence electrons. The molecule has 0 N–H and O–H groups in total. The van der Waals surface area contributed by atoms with Crippen molar-refractivity contribution in [3.63, 3.8) is 0 Å². The van der Waals surface area contributed by atoms with E-state index in [1.165, 1.54) is 4.90 Å². The number of anilines is 1. The third-order valence-corrected chi connectivity index (χ3v) is 6.08. The van der Waals surface area contributed by atoms with Crippen LogP contribution in [0.4, 0.5) is 5.69 Å². The lowest BCUT2D eigenvalue weighted by molar-refractivity contribution is -0.123. The number of nitrogens with zero attached hydrogens (tertiary/aromatic N) is 2. The van der Waals surface area contributed by atoms with Gasteiger partial charge in [0.1, 0.15) is 11.8 Å². The molecule has 1 aliphatic carbocycles. The van der Waals surface area contributed by atoms with E-state index in [0.29, 0.717) is 22.0 Å². The summed E-state index contributed by atoms with van der Waals surface area (Å²) in [4.78, 5) is 42.3. The molecule has 2 aliphatic rings. The number of ether oxygens (including phenoxy) is 1. The number of carbonyl (C=O) groups is 3. The van der Waals surface area contributed by atoms with Crippen LogP contribution in [0.3, 0.4) is 0 Å². The minimum Gasteiger partial charge on any atom is -0.497 e. The number of methoxy groups -OCH3 is 1. The molecule has 1 saturated carbocycles. The van der Waals surface area contributed by atoms with Crippen LogP contribution in [0.2, 0.25) is 5.02 Å². The molecule has 1 heterocycles. The summed E-state index contributed by atoms with van der Waals surface area (Å²) in [5.41, 5.74) is 0.952. The maximum absolute atomic E-state index is 13.4. The van der Waals surface area contributed by atoms with Crippen molar-refractivity contribution in [1.29, 1.82) is 0 Å². The molecule has 7 heteroatoms. The Morgan fingerprint density at radius 2 is 1.67 bits per heavy atom. The Morgan fingerprint density at radius 1 is 1.03 bits per heavy atom. The van der Waals surface area contributed by atoms with E-state index in [4.69, 9.17) is 16.3 Å². The van der Waals surface area contributed by atoms with Crippen molar-refractivity contribution < 1.29 is 19.1 Å². The molecule has 2 aromatic carbocycles. The highest BCUT2D eigenvalue weighted by atomic mass is 35.5. The molecule has 0 radical (unpaired) electrons. The van der Waals surface area contributed by atoms with E-state index < -0.39 is 6.04 Å². The zero-order valence-corrected chi connectivity index (χ0v) is 17.5. The molecule has 30 heavy (non-hydrogen) atoms. The molecule has 1 atom stereocenters. The van der Waals surface area contributed by atoms with Crippen molar-refractivity contribution in [3.05, 3.63) is 59.1 Å². The highest BCUT2D eigenvalue weighted by Crippen LogP contribution is 2.33. The average molecular weight is 427 g/mol. The van der Waals surface area contributed by atoms with Crippen LogP contribution in [-0.4, -0.2) is 41.8 Å². The van der Waals surface area contributed by atoms with Gasteiger partial charge in [-0.05, 0) is 61.4 Å². The maximum Gasteiger partial charge on any atom is 0.257 e. The van der Waals surface area contributed by atoms with Gasteiger partial charge in [-0.3, -0.25) is 14.4 Å². The highest BCUT2D eigenvalue weighted by molar-refractivity contribution is 6.31. The average Bonchev–Trinajstić information content (AvgIpc) is 3.38. The van der Waals surface area contributed by atoms with E-state index >= 15 is 0 Å². The Hall–Kier alpha value is -2.86. The summed E-state index contributed by atoms with van der Waals surface area (Å²) >= 11 is 5.94. The van der Waals surface area contributed by atoms with Gasteiger partial charge in [0.15, 0.2) is 0 Å². The fourth-order valence-corrected chi connectivity index (χ4v) is 4.45. The largest absolute Gasteiger partial charge is 0.497 e. The maximum atomic E-state index is 13.4. The molecule has 2 aromatic rings. The number of hydrogen-bond donors (Lipinski definition) is 0. The summed E-state index contributed by atoms with van der Waals surface area (Å²) in [7, 11) is 1.57. The molecule has 1 saturated heterocycles. The summed E-state index contributed by atoms with van der Waals surface area (Å²) in [5.74, 6) is -0.248. The predicted octanol–water partition coefficient (Wildman–Crippen LogP) is 4.07. The molecule has 6 nitrogen and oxygen atoms in total. The summed E-state index contributed by atoms with van der Waals surface area (Å²) < 4.78 is 5.17. The Balaban J connectivity index is 1.65. The molecule has 2 fully saturated rings. The van der Waals surface area contributed by atoms with E-state index in [1.807, 2.05) is 0 Å². The fraction of sp³-hybridized carbons (Fsp3) is 0.348. The smallest absolute Gasteiger partial charge is 0.257 e. The van der Waals surface area contributed by atoms with E-state index in [9.17, 15) is 14.4 Å². The van der Waals surface area contributed by atoms with Crippen LogP contribution in [-0.2, 0) is 9.59 Å². The van der Waals surface area contributed by atoms with Gasteiger partial charge >= 0.3 is 0 Å². The van der Waals surface area contributed by atoms with Crippen LogP contribution >= 0.6 is 11.6 Å². The van der Waals surface area contributed by atoms with E-state index in [2.05, 4.69) is 0 Å². The first-order valence-electron chi connectivity index (χ1n) is 10.1. The van der Waals surface area contributed by atoms with Gasteiger partial charge < -0.3 is 9.64 Å². The van der Waals surface area contributed by atoms with Gasteiger partial charge in [-0.1, -0.05) is 24.4 Å². The standard InChI is InChI=1S/C23H23ClN2O4/c1-30-19-12-6-15(7-13-19)22(28)25(17-4-2-3-5-17)20-14-21(27)26(23(20)29)18-10-8-16(24)9-11-18/h6-13,17,20H,2-5,14H2,1H3. The molecule has 0 bridgehead atoms. The van der Waals surface area contributed by atoms with Crippen LogP contribution in [0, 0.1) is 0 Å². The summed E-state index contributed by atoms with van der Waals surface area (Å²) in [6.07, 6.45) is 3.67. The van der Waals surface area contributed by atoms with Crippen molar-refractivity contribution in [2.45, 2.75) is 44.2 Å². The summed E-state index contributed by atoms with van der Waals surface area (Å²) in [6.45, 7) is 0. The second-order valence-electron chi connectivity index (χ2n) is 7.64. The molecule has 3 amide bonds. The number of halogens is 1. The van der Waals surface area contributed by atoms with Crippen molar-refractivity contribution >= 4 is 35.0 Å². The zero-order chi connectivity index (χ0) is 21.3. The fourth-order valence-electron chi connectivity index (χ4n) is 4.32. The molecule has 0 spiro atoms. The normalized spacial score (nSPS) is 19.4. The van der Waals surface area contributed by atoms with Gasteiger partial charge in [-0.25, -0.2) is 4.90 Å². The number of amides is 3. The number of benzene rings is 2. The minimum atomic E-state index is -0.800. The van der Waals surface area contributed by atoms with Crippen LogP contribution in [0.25, 0.3) is 0 Å². The Kier molecular flexibility index (Phi) is 5.77. The van der Waals surface area contributed by atoms with Gasteiger partial charge in [0.05, 0.1) is 19.2 Å². The van der Waals surface area contributed by atoms with Gasteiger partial charge in [0, 0.05) is 16.6 Å². The van der Waals surface area contributed by atoms with Gasteiger partial charge in [0.25, 0.3) is 11.8 Å². The zero-order valence-electron chi connectivity index (χ0n) is 16.7. The predicted molar refractivity (Wildman–Crippen MR) is 114 cm³/mol. The third kappa shape index (κ3) is 3.79. The van der Waals surface area contributed by atoms with Crippen molar-refractivity contribution in [1.82, 2.24) is 4.90 Å². The second kappa shape index (κ2) is 8.48. The second-order valence-corrected chi connectivity index (χ2v) is 8.08. The number of hydrogen-bond acceptors (Lipinski definition) is 4. The minimum absolute atomic E-state index is 0.0140. The number of rotatable bonds is 5. The molecular formula is C23H23ClN2O4. The van der Waals surface area contributed by atoms with Gasteiger partial charge in [-0.2, -0.15) is 0 Å². The van der Waals surface area contributed by atoms with Crippen LogP contribution in [0.5, 0.6) is 5.75 Å². The van der Waals surface area contributed by atoms with Crippen LogP contribution < -0.4 is 9.64 Å². The number of imide groups is 1. The lowest BCUT2D eigenvalue weighted by Gasteiger charge is -2.33.